The average molecular weight is 494 g/mol. The Balaban J connectivity index is 1.32. The zero-order valence-corrected chi connectivity index (χ0v) is 21.1. The van der Waals surface area contributed by atoms with Crippen molar-refractivity contribution in [3.63, 3.8) is 0 Å². The van der Waals surface area contributed by atoms with Gasteiger partial charge in [0.2, 0.25) is 11.8 Å². The van der Waals surface area contributed by atoms with E-state index in [0.717, 1.165) is 54.4 Å². The van der Waals surface area contributed by atoms with E-state index in [4.69, 9.17) is 4.74 Å². The standard InChI is InChI=1S/C32H31NO4/c1-2-3-4-5-6-19-26(34)37-25-18-12-11-17-24(25)33-31(35)29-27-20-13-7-8-14-21(20)28(30(29)32(33)36)23-16-10-9-15-22(23)27/h7-18,27-30H,2-6,19H2,1H3. The first-order valence-corrected chi connectivity index (χ1v) is 13.5. The van der Waals surface area contributed by atoms with Gasteiger partial charge in [0.1, 0.15) is 0 Å². The molecule has 1 aliphatic heterocycles. The minimum absolute atomic E-state index is 0.165. The van der Waals surface area contributed by atoms with Crippen LogP contribution in [0.3, 0.4) is 0 Å². The van der Waals surface area contributed by atoms with E-state index in [2.05, 4.69) is 31.2 Å². The Labute approximate surface area is 217 Å². The van der Waals surface area contributed by atoms with Crippen molar-refractivity contribution in [2.24, 2.45) is 11.8 Å². The molecule has 4 aliphatic rings. The summed E-state index contributed by atoms with van der Waals surface area (Å²) >= 11 is 0. The quantitative estimate of drug-likeness (QED) is 0.159. The van der Waals surface area contributed by atoms with Gasteiger partial charge in [-0.15, -0.1) is 0 Å². The Hall–Kier alpha value is -3.73. The second kappa shape index (κ2) is 9.62. The van der Waals surface area contributed by atoms with E-state index in [1.165, 1.54) is 4.90 Å². The summed E-state index contributed by atoms with van der Waals surface area (Å²) in [5.74, 6) is -1.75. The number of para-hydroxylation sites is 2. The molecular formula is C32H31NO4. The largest absolute Gasteiger partial charge is 0.424 e. The fourth-order valence-electron chi connectivity index (χ4n) is 6.69. The number of rotatable bonds is 8. The molecule has 2 unspecified atom stereocenters. The number of anilines is 1. The van der Waals surface area contributed by atoms with E-state index >= 15 is 0 Å². The van der Waals surface area contributed by atoms with E-state index in [9.17, 15) is 14.4 Å². The molecule has 0 radical (unpaired) electrons. The van der Waals surface area contributed by atoms with Gasteiger partial charge in [-0.05, 0) is 40.8 Å². The minimum Gasteiger partial charge on any atom is -0.424 e. The fourth-order valence-corrected chi connectivity index (χ4v) is 6.69. The van der Waals surface area contributed by atoms with Crippen molar-refractivity contribution < 1.29 is 19.1 Å². The van der Waals surface area contributed by atoms with Gasteiger partial charge in [-0.2, -0.15) is 0 Å². The van der Waals surface area contributed by atoms with Crippen LogP contribution in [0.15, 0.2) is 72.8 Å². The van der Waals surface area contributed by atoms with Gasteiger partial charge in [-0.25, -0.2) is 4.90 Å². The van der Waals surface area contributed by atoms with Crippen LogP contribution in [0.25, 0.3) is 0 Å². The lowest BCUT2D eigenvalue weighted by atomic mass is 9.55. The van der Waals surface area contributed by atoms with Crippen LogP contribution >= 0.6 is 0 Å². The van der Waals surface area contributed by atoms with E-state index in [1.54, 1.807) is 24.3 Å². The Morgan fingerprint density at radius 3 is 1.73 bits per heavy atom. The van der Waals surface area contributed by atoms with Gasteiger partial charge in [-0.3, -0.25) is 14.4 Å². The number of benzene rings is 3. The van der Waals surface area contributed by atoms with Crippen molar-refractivity contribution in [1.29, 1.82) is 0 Å². The molecule has 37 heavy (non-hydrogen) atoms. The number of imide groups is 1. The molecule has 2 bridgehead atoms. The molecule has 1 saturated heterocycles. The summed E-state index contributed by atoms with van der Waals surface area (Å²) in [6, 6.07) is 23.3. The Bertz CT molecular complexity index is 1260. The highest BCUT2D eigenvalue weighted by Crippen LogP contribution is 2.61. The topological polar surface area (TPSA) is 63.7 Å². The molecule has 1 fully saturated rings. The Morgan fingerprint density at radius 1 is 0.703 bits per heavy atom. The lowest BCUT2D eigenvalue weighted by Gasteiger charge is -2.45. The van der Waals surface area contributed by atoms with Gasteiger partial charge in [0.25, 0.3) is 0 Å². The van der Waals surface area contributed by atoms with Crippen LogP contribution in [0.2, 0.25) is 0 Å². The number of ether oxygens (including phenoxy) is 1. The molecular weight excluding hydrogens is 462 g/mol. The molecule has 3 aliphatic carbocycles. The predicted octanol–water partition coefficient (Wildman–Crippen LogP) is 6.35. The van der Waals surface area contributed by atoms with Crippen molar-refractivity contribution in [1.82, 2.24) is 0 Å². The van der Waals surface area contributed by atoms with Crippen molar-refractivity contribution in [3.8, 4) is 5.75 Å². The number of carbonyl (C=O) groups is 3. The zero-order chi connectivity index (χ0) is 25.5. The summed E-state index contributed by atoms with van der Waals surface area (Å²) in [4.78, 5) is 42.0. The van der Waals surface area contributed by atoms with Gasteiger partial charge < -0.3 is 4.74 Å². The maximum Gasteiger partial charge on any atom is 0.311 e. The van der Waals surface area contributed by atoms with Crippen molar-refractivity contribution >= 4 is 23.5 Å². The molecule has 7 rings (SSSR count). The second-order valence-electron chi connectivity index (χ2n) is 10.4. The fraction of sp³-hybridized carbons (Fsp3) is 0.344. The zero-order valence-electron chi connectivity index (χ0n) is 21.1. The van der Waals surface area contributed by atoms with Crippen molar-refractivity contribution in [2.75, 3.05) is 4.90 Å². The van der Waals surface area contributed by atoms with Gasteiger partial charge in [0.15, 0.2) is 5.75 Å². The summed E-state index contributed by atoms with van der Waals surface area (Å²) in [5, 5.41) is 0. The predicted molar refractivity (Wildman–Crippen MR) is 141 cm³/mol. The van der Waals surface area contributed by atoms with Crippen LogP contribution in [0.4, 0.5) is 5.69 Å². The first-order chi connectivity index (χ1) is 18.1. The van der Waals surface area contributed by atoms with Crippen LogP contribution in [0, 0.1) is 11.8 Å². The second-order valence-corrected chi connectivity index (χ2v) is 10.4. The third-order valence-corrected chi connectivity index (χ3v) is 8.26. The van der Waals surface area contributed by atoms with Gasteiger partial charge in [-0.1, -0.05) is 93.3 Å². The third-order valence-electron chi connectivity index (χ3n) is 8.26. The van der Waals surface area contributed by atoms with Crippen LogP contribution in [-0.2, 0) is 14.4 Å². The van der Waals surface area contributed by atoms with Crippen LogP contribution in [0.5, 0.6) is 5.75 Å². The molecule has 0 saturated carbocycles. The number of unbranched alkanes of at least 4 members (excludes halogenated alkanes) is 4. The minimum atomic E-state index is -0.468. The summed E-state index contributed by atoms with van der Waals surface area (Å²) in [6.07, 6.45) is 5.49. The number of amides is 2. The van der Waals surface area contributed by atoms with E-state index in [0.29, 0.717) is 12.1 Å². The molecule has 5 heteroatoms. The molecule has 3 aromatic rings. The molecule has 1 heterocycles. The summed E-state index contributed by atoms with van der Waals surface area (Å²) < 4.78 is 5.72. The van der Waals surface area contributed by atoms with Crippen LogP contribution in [-0.4, -0.2) is 17.8 Å². The highest BCUT2D eigenvalue weighted by molar-refractivity contribution is 6.24. The highest BCUT2D eigenvalue weighted by Gasteiger charge is 2.62. The summed E-state index contributed by atoms with van der Waals surface area (Å²) in [5.41, 5.74) is 4.91. The van der Waals surface area contributed by atoms with Crippen LogP contribution < -0.4 is 9.64 Å². The molecule has 0 aromatic heterocycles. The van der Waals surface area contributed by atoms with E-state index in [-0.39, 0.29) is 35.4 Å². The van der Waals surface area contributed by atoms with Crippen molar-refractivity contribution in [3.05, 3.63) is 95.1 Å². The molecule has 188 valence electrons. The normalized spacial score (nSPS) is 23.0. The van der Waals surface area contributed by atoms with E-state index < -0.39 is 11.8 Å². The Kier molecular flexibility index (Phi) is 6.15. The lowest BCUT2D eigenvalue weighted by molar-refractivity contribution is -0.134. The first kappa shape index (κ1) is 23.7. The third kappa shape index (κ3) is 3.79. The number of esters is 1. The highest BCUT2D eigenvalue weighted by atomic mass is 16.5. The molecule has 3 aromatic carbocycles. The molecule has 0 spiro atoms. The van der Waals surface area contributed by atoms with Crippen LogP contribution in [0.1, 0.15) is 79.5 Å². The molecule has 2 atom stereocenters. The lowest BCUT2D eigenvalue weighted by Crippen LogP contribution is -2.41. The summed E-state index contributed by atoms with van der Waals surface area (Å²) in [7, 11) is 0. The SMILES string of the molecule is CCCCCCCC(=O)Oc1ccccc1N1C(=O)C2C3c4ccccc4C(c4ccccc43)C2C1=O. The maximum absolute atomic E-state index is 14.0. The monoisotopic (exact) mass is 493 g/mol. The molecule has 5 nitrogen and oxygen atoms in total. The number of nitrogens with zero attached hydrogens (tertiary/aromatic N) is 1. The summed E-state index contributed by atoms with van der Waals surface area (Å²) in [6.45, 7) is 2.16. The number of carbonyl (C=O) groups excluding carboxylic acids is 3. The molecule has 2 amide bonds. The van der Waals surface area contributed by atoms with Crippen molar-refractivity contribution in [2.45, 2.75) is 57.3 Å². The average Bonchev–Trinajstić information content (AvgIpc) is 3.19. The number of hydrogen-bond acceptors (Lipinski definition) is 4. The Morgan fingerprint density at radius 2 is 1.19 bits per heavy atom. The smallest absolute Gasteiger partial charge is 0.311 e. The first-order valence-electron chi connectivity index (χ1n) is 13.5. The van der Waals surface area contributed by atoms with E-state index in [1.807, 2.05) is 24.3 Å². The van der Waals surface area contributed by atoms with Gasteiger partial charge >= 0.3 is 5.97 Å². The van der Waals surface area contributed by atoms with Gasteiger partial charge in [0, 0.05) is 18.3 Å². The number of hydrogen-bond donors (Lipinski definition) is 0. The maximum atomic E-state index is 14.0. The van der Waals surface area contributed by atoms with Gasteiger partial charge in [0.05, 0.1) is 17.5 Å². The molecule has 0 N–H and O–H groups in total.